The summed E-state index contributed by atoms with van der Waals surface area (Å²) in [4.78, 5) is 28.1. The number of anilines is 2. The summed E-state index contributed by atoms with van der Waals surface area (Å²) in [5.41, 5.74) is -1.31. The monoisotopic (exact) mass is 371 g/mol. The van der Waals surface area contributed by atoms with E-state index in [4.69, 9.17) is 0 Å². The molecule has 0 bridgehead atoms. The van der Waals surface area contributed by atoms with Crippen molar-refractivity contribution in [2.75, 3.05) is 16.9 Å². The lowest BCUT2D eigenvalue weighted by Gasteiger charge is -2.14. The maximum absolute atomic E-state index is 13.0. The van der Waals surface area contributed by atoms with Gasteiger partial charge in [0.15, 0.2) is 0 Å². The van der Waals surface area contributed by atoms with Crippen LogP contribution in [0.5, 0.6) is 0 Å². The van der Waals surface area contributed by atoms with E-state index >= 15 is 0 Å². The SMILES string of the molecule is CSc1nc2n(n1)C(CC(=O)Nc1ccccc1C(F)(F)F)C(=O)N2. The molecule has 1 aromatic carbocycles. The first-order chi connectivity index (χ1) is 11.8. The third-order valence-electron chi connectivity index (χ3n) is 3.51. The topological polar surface area (TPSA) is 88.9 Å². The summed E-state index contributed by atoms with van der Waals surface area (Å²) in [5.74, 6) is -1.00. The van der Waals surface area contributed by atoms with Crippen molar-refractivity contribution in [2.24, 2.45) is 0 Å². The number of nitrogens with zero attached hydrogens (tertiary/aromatic N) is 3. The molecule has 2 heterocycles. The smallest absolute Gasteiger partial charge is 0.325 e. The molecule has 3 rings (SSSR count). The number of halogens is 3. The van der Waals surface area contributed by atoms with Crippen molar-refractivity contribution in [1.82, 2.24) is 14.8 Å². The molecule has 0 spiro atoms. The van der Waals surface area contributed by atoms with Gasteiger partial charge in [-0.2, -0.15) is 18.2 Å². The highest BCUT2D eigenvalue weighted by molar-refractivity contribution is 7.98. The number of hydrogen-bond donors (Lipinski definition) is 2. The van der Waals surface area contributed by atoms with Gasteiger partial charge in [-0.25, -0.2) is 4.68 Å². The molecule has 0 saturated heterocycles. The Labute approximate surface area is 144 Å². The van der Waals surface area contributed by atoms with Gasteiger partial charge < -0.3 is 5.32 Å². The Balaban J connectivity index is 1.76. The van der Waals surface area contributed by atoms with Gasteiger partial charge in [-0.3, -0.25) is 14.9 Å². The number of aromatic nitrogens is 3. The number of benzene rings is 1. The van der Waals surface area contributed by atoms with E-state index in [-0.39, 0.29) is 18.1 Å². The lowest BCUT2D eigenvalue weighted by molar-refractivity contribution is -0.137. The Bertz CT molecular complexity index is 836. The Kier molecular flexibility index (Phi) is 4.41. The molecule has 0 saturated carbocycles. The van der Waals surface area contributed by atoms with Crippen LogP contribution in [0.1, 0.15) is 18.0 Å². The molecule has 25 heavy (non-hydrogen) atoms. The standard InChI is InChI=1S/C14H12F3N5O2S/c1-25-13-20-12-19-11(24)9(22(12)21-13)6-10(23)18-8-5-3-2-4-7(8)14(15,16)17/h2-5,9H,6H2,1H3,(H,18,23)(H,19,20,21,24). The van der Waals surface area contributed by atoms with Gasteiger partial charge in [0.1, 0.15) is 6.04 Å². The zero-order valence-electron chi connectivity index (χ0n) is 12.8. The average molecular weight is 371 g/mol. The Morgan fingerprint density at radius 3 is 2.80 bits per heavy atom. The van der Waals surface area contributed by atoms with Crippen LogP contribution in [-0.2, 0) is 15.8 Å². The molecule has 1 aliphatic heterocycles. The Hall–Kier alpha value is -2.56. The maximum atomic E-state index is 13.0. The first kappa shape index (κ1) is 17.3. The van der Waals surface area contributed by atoms with Gasteiger partial charge in [-0.15, -0.1) is 5.10 Å². The number of hydrogen-bond acceptors (Lipinski definition) is 5. The van der Waals surface area contributed by atoms with Crippen molar-refractivity contribution < 1.29 is 22.8 Å². The minimum absolute atomic E-state index is 0.211. The average Bonchev–Trinajstić information content (AvgIpc) is 3.05. The highest BCUT2D eigenvalue weighted by atomic mass is 32.2. The van der Waals surface area contributed by atoms with Gasteiger partial charge in [0.25, 0.3) is 5.91 Å². The molecule has 1 aliphatic rings. The molecule has 11 heteroatoms. The molecule has 2 N–H and O–H groups in total. The van der Waals surface area contributed by atoms with Gasteiger partial charge in [-0.1, -0.05) is 23.9 Å². The summed E-state index contributed by atoms with van der Waals surface area (Å²) >= 11 is 1.26. The normalized spacial score (nSPS) is 16.5. The van der Waals surface area contributed by atoms with Crippen LogP contribution < -0.4 is 10.6 Å². The highest BCUT2D eigenvalue weighted by Crippen LogP contribution is 2.35. The van der Waals surface area contributed by atoms with E-state index in [2.05, 4.69) is 20.7 Å². The van der Waals surface area contributed by atoms with Crippen LogP contribution in [-0.4, -0.2) is 32.8 Å². The Morgan fingerprint density at radius 2 is 2.12 bits per heavy atom. The number of nitrogens with one attached hydrogen (secondary N) is 2. The summed E-state index contributed by atoms with van der Waals surface area (Å²) in [6.45, 7) is 0. The van der Waals surface area contributed by atoms with Crippen LogP contribution >= 0.6 is 11.8 Å². The molecular weight excluding hydrogens is 359 g/mol. The predicted octanol–water partition coefficient (Wildman–Crippen LogP) is 2.54. The summed E-state index contributed by atoms with van der Waals surface area (Å²) in [5, 5.41) is 9.20. The highest BCUT2D eigenvalue weighted by Gasteiger charge is 2.36. The van der Waals surface area contributed by atoms with Gasteiger partial charge >= 0.3 is 6.18 Å². The number of carbonyl (C=O) groups excluding carboxylic acids is 2. The van der Waals surface area contributed by atoms with E-state index in [1.54, 1.807) is 6.26 Å². The molecule has 0 aliphatic carbocycles. The number of rotatable bonds is 4. The number of amides is 2. The molecule has 1 atom stereocenters. The van der Waals surface area contributed by atoms with Crippen LogP contribution in [0.4, 0.5) is 24.8 Å². The van der Waals surface area contributed by atoms with E-state index in [9.17, 15) is 22.8 Å². The summed E-state index contributed by atoms with van der Waals surface area (Å²) < 4.78 is 40.2. The van der Waals surface area contributed by atoms with E-state index in [1.807, 2.05) is 0 Å². The van der Waals surface area contributed by atoms with Crippen LogP contribution in [0.3, 0.4) is 0 Å². The van der Waals surface area contributed by atoms with E-state index in [1.165, 1.54) is 28.6 Å². The second-order valence-electron chi connectivity index (χ2n) is 5.17. The lowest BCUT2D eigenvalue weighted by Crippen LogP contribution is -2.24. The summed E-state index contributed by atoms with van der Waals surface area (Å²) in [6, 6.07) is 3.68. The number of alkyl halides is 3. The first-order valence-electron chi connectivity index (χ1n) is 7.07. The van der Waals surface area contributed by atoms with Crippen molar-refractivity contribution in [1.29, 1.82) is 0 Å². The van der Waals surface area contributed by atoms with E-state index in [0.29, 0.717) is 5.16 Å². The predicted molar refractivity (Wildman–Crippen MR) is 84.2 cm³/mol. The molecule has 132 valence electrons. The van der Waals surface area contributed by atoms with Gasteiger partial charge in [0.05, 0.1) is 17.7 Å². The summed E-state index contributed by atoms with van der Waals surface area (Å²) in [7, 11) is 0. The van der Waals surface area contributed by atoms with Crippen LogP contribution in [0.15, 0.2) is 29.4 Å². The molecule has 0 radical (unpaired) electrons. The molecule has 2 aromatic rings. The number of para-hydroxylation sites is 1. The quantitative estimate of drug-likeness (QED) is 0.807. The molecule has 1 unspecified atom stereocenters. The number of fused-ring (bicyclic) bond motifs is 1. The number of carbonyl (C=O) groups is 2. The van der Waals surface area contributed by atoms with Crippen LogP contribution in [0.2, 0.25) is 0 Å². The van der Waals surface area contributed by atoms with Gasteiger partial charge in [0.2, 0.25) is 17.0 Å². The molecule has 0 fully saturated rings. The van der Waals surface area contributed by atoms with Crippen molar-refractivity contribution in [3.8, 4) is 0 Å². The molecule has 2 amide bonds. The van der Waals surface area contributed by atoms with Crippen LogP contribution in [0, 0.1) is 0 Å². The largest absolute Gasteiger partial charge is 0.418 e. The third-order valence-corrected chi connectivity index (χ3v) is 4.05. The minimum atomic E-state index is -4.60. The third kappa shape index (κ3) is 3.45. The van der Waals surface area contributed by atoms with Crippen molar-refractivity contribution in [3.05, 3.63) is 29.8 Å². The van der Waals surface area contributed by atoms with Crippen molar-refractivity contribution >= 4 is 35.2 Å². The minimum Gasteiger partial charge on any atom is -0.325 e. The molecular formula is C14H12F3N5O2S. The fraction of sp³-hybridized carbons (Fsp3) is 0.286. The van der Waals surface area contributed by atoms with E-state index < -0.39 is 29.6 Å². The van der Waals surface area contributed by atoms with Gasteiger partial charge in [0, 0.05) is 0 Å². The van der Waals surface area contributed by atoms with Crippen molar-refractivity contribution in [2.45, 2.75) is 23.8 Å². The molecule has 1 aromatic heterocycles. The van der Waals surface area contributed by atoms with Crippen LogP contribution in [0.25, 0.3) is 0 Å². The van der Waals surface area contributed by atoms with Crippen molar-refractivity contribution in [3.63, 3.8) is 0 Å². The maximum Gasteiger partial charge on any atom is 0.418 e. The van der Waals surface area contributed by atoms with Gasteiger partial charge in [-0.05, 0) is 18.4 Å². The lowest BCUT2D eigenvalue weighted by atomic mass is 10.1. The fourth-order valence-electron chi connectivity index (χ4n) is 2.39. The molecule has 7 nitrogen and oxygen atoms in total. The first-order valence-corrected chi connectivity index (χ1v) is 8.29. The fourth-order valence-corrected chi connectivity index (χ4v) is 2.74. The number of thioether (sulfide) groups is 1. The zero-order chi connectivity index (χ0) is 18.2. The zero-order valence-corrected chi connectivity index (χ0v) is 13.6. The second kappa shape index (κ2) is 6.39. The summed E-state index contributed by atoms with van der Waals surface area (Å²) in [6.07, 6.45) is -3.20. The second-order valence-corrected chi connectivity index (χ2v) is 5.94. The van der Waals surface area contributed by atoms with E-state index in [0.717, 1.165) is 12.1 Å². The Morgan fingerprint density at radius 1 is 1.40 bits per heavy atom.